The fraction of sp³-hybridized carbons (Fsp3) is 0.346. The first-order valence-electron chi connectivity index (χ1n) is 11.1. The zero-order valence-corrected chi connectivity index (χ0v) is 20.6. The number of aromatic nitrogens is 2. The molecular formula is C26H30N4O2S. The van der Waals surface area contributed by atoms with Crippen molar-refractivity contribution in [2.45, 2.75) is 46.2 Å². The number of aryl methyl sites for hydroxylation is 3. The molecule has 0 unspecified atom stereocenters. The van der Waals surface area contributed by atoms with E-state index in [2.05, 4.69) is 71.7 Å². The third-order valence-corrected chi connectivity index (χ3v) is 6.79. The van der Waals surface area contributed by atoms with Crippen LogP contribution in [0, 0.1) is 27.7 Å². The Bertz CT molecular complexity index is 1170. The Morgan fingerprint density at radius 2 is 1.85 bits per heavy atom. The molecule has 0 amide bonds. The highest BCUT2D eigenvalue weighted by atomic mass is 32.1. The van der Waals surface area contributed by atoms with Crippen molar-refractivity contribution in [3.05, 3.63) is 82.4 Å². The Labute approximate surface area is 200 Å². The molecule has 7 heteroatoms. The predicted octanol–water partition coefficient (Wildman–Crippen LogP) is 4.64. The topological polar surface area (TPSA) is 59.4 Å². The number of carbonyl (C=O) groups is 1. The molecule has 0 spiro atoms. The summed E-state index contributed by atoms with van der Waals surface area (Å²) in [5.74, 6) is -0.251. The molecule has 172 valence electrons. The van der Waals surface area contributed by atoms with Crippen LogP contribution in [0.15, 0.2) is 48.7 Å². The maximum atomic E-state index is 11.9. The van der Waals surface area contributed by atoms with Crippen LogP contribution in [0.25, 0.3) is 5.69 Å². The first kappa shape index (κ1) is 23.0. The van der Waals surface area contributed by atoms with Crippen molar-refractivity contribution in [2.75, 3.05) is 13.7 Å². The highest BCUT2D eigenvalue weighted by Gasteiger charge is 2.41. The van der Waals surface area contributed by atoms with Gasteiger partial charge in [0.25, 0.3) is 0 Å². The van der Waals surface area contributed by atoms with Crippen LogP contribution in [0.1, 0.15) is 52.3 Å². The number of carbonyl (C=O) groups excluding carboxylic acids is 1. The van der Waals surface area contributed by atoms with Gasteiger partial charge in [-0.15, -0.1) is 0 Å². The second-order valence-electron chi connectivity index (χ2n) is 8.55. The molecule has 1 aliphatic rings. The minimum Gasteiger partial charge on any atom is -0.469 e. The van der Waals surface area contributed by atoms with Crippen LogP contribution < -0.4 is 5.32 Å². The van der Waals surface area contributed by atoms with E-state index >= 15 is 0 Å². The van der Waals surface area contributed by atoms with Gasteiger partial charge in [0.05, 0.1) is 37.0 Å². The third kappa shape index (κ3) is 4.25. The number of pyridine rings is 1. The molecule has 2 atom stereocenters. The number of benzene rings is 1. The number of nitrogens with one attached hydrogen (secondary N) is 1. The monoisotopic (exact) mass is 462 g/mol. The van der Waals surface area contributed by atoms with Gasteiger partial charge in [-0.25, -0.2) is 0 Å². The van der Waals surface area contributed by atoms with Crippen LogP contribution in [0.3, 0.4) is 0 Å². The number of hydrogen-bond acceptors (Lipinski definition) is 4. The SMILES string of the molecule is COC(=O)CCN1C(=S)N[C@@H](c2ccccn2)[C@H]1c1cc(C)n(-c2c(C)cccc2C)c1C. The number of esters is 1. The highest BCUT2D eigenvalue weighted by Crippen LogP contribution is 2.41. The van der Waals surface area contributed by atoms with Crippen LogP contribution in [-0.4, -0.2) is 39.2 Å². The summed E-state index contributed by atoms with van der Waals surface area (Å²) < 4.78 is 7.21. The van der Waals surface area contributed by atoms with E-state index in [1.54, 1.807) is 6.20 Å². The number of para-hydroxylation sites is 1. The fourth-order valence-corrected chi connectivity index (χ4v) is 5.22. The fourth-order valence-electron chi connectivity index (χ4n) is 4.89. The van der Waals surface area contributed by atoms with E-state index in [9.17, 15) is 4.79 Å². The van der Waals surface area contributed by atoms with Crippen molar-refractivity contribution in [3.63, 3.8) is 0 Å². The lowest BCUT2D eigenvalue weighted by molar-refractivity contribution is -0.140. The Morgan fingerprint density at radius 1 is 1.12 bits per heavy atom. The van der Waals surface area contributed by atoms with Crippen LogP contribution >= 0.6 is 12.2 Å². The maximum Gasteiger partial charge on any atom is 0.307 e. The van der Waals surface area contributed by atoms with Crippen molar-refractivity contribution in [3.8, 4) is 5.69 Å². The molecule has 1 fully saturated rings. The van der Waals surface area contributed by atoms with Gasteiger partial charge >= 0.3 is 5.97 Å². The average molecular weight is 463 g/mol. The number of thiocarbonyl (C=S) groups is 1. The standard InChI is InChI=1S/C26H30N4O2S/c1-16-9-8-10-17(2)24(16)30-18(3)15-20(19(30)4)25-23(21-11-6-7-13-27-21)28-26(33)29(25)14-12-22(31)32-5/h6-11,13,15,23,25H,12,14H2,1-5H3,(H,28,33)/t23-,25+/m0/s1. The molecule has 2 aromatic heterocycles. The van der Waals surface area contributed by atoms with Crippen LogP contribution in [0.4, 0.5) is 0 Å². The number of methoxy groups -OCH3 is 1. The van der Waals surface area contributed by atoms with E-state index in [1.165, 1.54) is 29.5 Å². The van der Waals surface area contributed by atoms with Gasteiger partial charge in [0, 0.05) is 24.1 Å². The van der Waals surface area contributed by atoms with Gasteiger partial charge < -0.3 is 19.5 Å². The molecule has 3 heterocycles. The number of ether oxygens (including phenoxy) is 1. The summed E-state index contributed by atoms with van der Waals surface area (Å²) in [5, 5.41) is 4.08. The van der Waals surface area contributed by atoms with Gasteiger partial charge in [0.2, 0.25) is 0 Å². The molecule has 0 bridgehead atoms. The molecule has 3 aromatic rings. The Kier molecular flexibility index (Phi) is 6.51. The zero-order valence-electron chi connectivity index (χ0n) is 19.8. The summed E-state index contributed by atoms with van der Waals surface area (Å²) in [5.41, 5.74) is 8.07. The molecule has 0 saturated carbocycles. The lowest BCUT2D eigenvalue weighted by Gasteiger charge is -2.28. The van der Waals surface area contributed by atoms with Gasteiger partial charge in [-0.05, 0) is 74.8 Å². The van der Waals surface area contributed by atoms with E-state index < -0.39 is 0 Å². The smallest absolute Gasteiger partial charge is 0.307 e. The molecule has 4 rings (SSSR count). The Balaban J connectivity index is 1.83. The molecular weight excluding hydrogens is 432 g/mol. The zero-order chi connectivity index (χ0) is 23.7. The molecule has 1 aliphatic heterocycles. The van der Waals surface area contributed by atoms with Crippen molar-refractivity contribution in [1.29, 1.82) is 0 Å². The summed E-state index contributed by atoms with van der Waals surface area (Å²) in [6.07, 6.45) is 2.06. The lowest BCUT2D eigenvalue weighted by atomic mass is 9.96. The number of hydrogen-bond donors (Lipinski definition) is 1. The van der Waals surface area contributed by atoms with E-state index in [0.717, 1.165) is 17.1 Å². The van der Waals surface area contributed by atoms with Crippen LogP contribution in [0.5, 0.6) is 0 Å². The van der Waals surface area contributed by atoms with Crippen LogP contribution in [0.2, 0.25) is 0 Å². The molecule has 0 radical (unpaired) electrons. The highest BCUT2D eigenvalue weighted by molar-refractivity contribution is 7.80. The number of nitrogens with zero attached hydrogens (tertiary/aromatic N) is 3. The summed E-state index contributed by atoms with van der Waals surface area (Å²) in [6.45, 7) is 9.06. The van der Waals surface area contributed by atoms with Gasteiger partial charge in [-0.2, -0.15) is 0 Å². The maximum absolute atomic E-state index is 11.9. The number of rotatable bonds is 6. The predicted molar refractivity (Wildman–Crippen MR) is 134 cm³/mol. The normalized spacial score (nSPS) is 17.8. The van der Waals surface area contributed by atoms with Crippen molar-refractivity contribution in [1.82, 2.24) is 19.8 Å². The minimum absolute atomic E-state index is 0.0960. The quantitative estimate of drug-likeness (QED) is 0.425. The van der Waals surface area contributed by atoms with Crippen LogP contribution in [-0.2, 0) is 9.53 Å². The van der Waals surface area contributed by atoms with Gasteiger partial charge in [0.1, 0.15) is 0 Å². The summed E-state index contributed by atoms with van der Waals surface area (Å²) in [4.78, 5) is 18.6. The molecule has 0 aliphatic carbocycles. The van der Waals surface area contributed by atoms with Crippen molar-refractivity contribution >= 4 is 23.3 Å². The first-order chi connectivity index (χ1) is 15.8. The van der Waals surface area contributed by atoms with Crippen molar-refractivity contribution in [2.24, 2.45) is 0 Å². The van der Waals surface area contributed by atoms with E-state index in [-0.39, 0.29) is 24.5 Å². The second kappa shape index (κ2) is 9.35. The van der Waals surface area contributed by atoms with Gasteiger partial charge in [-0.1, -0.05) is 24.3 Å². The van der Waals surface area contributed by atoms with Gasteiger partial charge in [-0.3, -0.25) is 9.78 Å². The van der Waals surface area contributed by atoms with E-state index in [0.29, 0.717) is 11.7 Å². The largest absolute Gasteiger partial charge is 0.469 e. The molecule has 33 heavy (non-hydrogen) atoms. The molecule has 1 aromatic carbocycles. The minimum atomic E-state index is -0.251. The third-order valence-electron chi connectivity index (χ3n) is 6.43. The summed E-state index contributed by atoms with van der Waals surface area (Å²) in [7, 11) is 1.41. The van der Waals surface area contributed by atoms with E-state index in [1.807, 2.05) is 18.2 Å². The van der Waals surface area contributed by atoms with E-state index in [4.69, 9.17) is 17.0 Å². The van der Waals surface area contributed by atoms with Crippen molar-refractivity contribution < 1.29 is 9.53 Å². The Morgan fingerprint density at radius 3 is 2.48 bits per heavy atom. The molecule has 6 nitrogen and oxygen atoms in total. The first-order valence-corrected chi connectivity index (χ1v) is 11.5. The van der Waals surface area contributed by atoms with Gasteiger partial charge in [0.15, 0.2) is 5.11 Å². The summed E-state index contributed by atoms with van der Waals surface area (Å²) in [6, 6.07) is 14.3. The second-order valence-corrected chi connectivity index (χ2v) is 8.94. The Hall–Kier alpha value is -3.19. The molecule has 1 saturated heterocycles. The summed E-state index contributed by atoms with van der Waals surface area (Å²) >= 11 is 5.73. The average Bonchev–Trinajstić information content (AvgIpc) is 3.28. The molecule has 1 N–H and O–H groups in total. The lowest BCUT2D eigenvalue weighted by Crippen LogP contribution is -2.32.